The Bertz CT molecular complexity index is 1020. The minimum atomic E-state index is -0.705. The molecule has 6 nitrogen and oxygen atoms in total. The first-order valence-electron chi connectivity index (χ1n) is 10.1. The second kappa shape index (κ2) is 5.89. The molecule has 0 aliphatic heterocycles. The van der Waals surface area contributed by atoms with E-state index in [9.17, 15) is 14.7 Å². The molecule has 4 aliphatic carbocycles. The maximum absolute atomic E-state index is 13.2. The van der Waals surface area contributed by atoms with Gasteiger partial charge in [0.25, 0.3) is 5.56 Å². The smallest absolute Gasteiger partial charge is 0.312 e. The molecular weight excluding hydrogens is 376 g/mol. The van der Waals surface area contributed by atoms with Crippen molar-refractivity contribution in [2.24, 2.45) is 17.3 Å². The van der Waals surface area contributed by atoms with Crippen molar-refractivity contribution in [3.8, 4) is 0 Å². The van der Waals surface area contributed by atoms with Crippen LogP contribution in [0.1, 0.15) is 67.8 Å². The SMILES string of the molecule is Cc1sc2nc([C@H](C)OC(=O)C34C[C@H]5C[C@@H](CC(O)(C5)C3)C4)[nH]c(=O)c2c1C. The van der Waals surface area contributed by atoms with E-state index in [0.717, 1.165) is 42.5 Å². The van der Waals surface area contributed by atoms with Crippen LogP contribution < -0.4 is 5.56 Å². The Balaban J connectivity index is 1.41. The minimum Gasteiger partial charge on any atom is -0.454 e. The molecule has 2 aromatic heterocycles. The van der Waals surface area contributed by atoms with Crippen LogP contribution in [0.5, 0.6) is 0 Å². The lowest BCUT2D eigenvalue weighted by atomic mass is 9.48. The van der Waals surface area contributed by atoms with Gasteiger partial charge in [-0.2, -0.15) is 0 Å². The van der Waals surface area contributed by atoms with Gasteiger partial charge in [0.2, 0.25) is 0 Å². The van der Waals surface area contributed by atoms with Crippen molar-refractivity contribution in [2.45, 2.75) is 71.0 Å². The summed E-state index contributed by atoms with van der Waals surface area (Å²) in [6.45, 7) is 5.65. The minimum absolute atomic E-state index is 0.186. The molecule has 2 N–H and O–H groups in total. The molecule has 0 aromatic carbocycles. The molecule has 0 saturated heterocycles. The summed E-state index contributed by atoms with van der Waals surface area (Å²) in [5, 5.41) is 11.5. The van der Waals surface area contributed by atoms with E-state index in [-0.39, 0.29) is 11.5 Å². The molecule has 2 aromatic rings. The third-order valence-electron chi connectivity index (χ3n) is 7.19. The van der Waals surface area contributed by atoms with Crippen LogP contribution in [0, 0.1) is 31.1 Å². The number of aryl methyl sites for hydroxylation is 2. The van der Waals surface area contributed by atoms with Crippen LogP contribution >= 0.6 is 11.3 Å². The van der Waals surface area contributed by atoms with Gasteiger partial charge in [-0.1, -0.05) is 0 Å². The first-order chi connectivity index (χ1) is 13.2. The number of fused-ring (bicyclic) bond motifs is 1. The van der Waals surface area contributed by atoms with E-state index in [2.05, 4.69) is 9.97 Å². The highest BCUT2D eigenvalue weighted by Crippen LogP contribution is 2.62. The van der Waals surface area contributed by atoms with E-state index in [1.807, 2.05) is 13.8 Å². The molecule has 2 heterocycles. The van der Waals surface area contributed by atoms with Crippen LogP contribution in [0.4, 0.5) is 0 Å². The largest absolute Gasteiger partial charge is 0.454 e. The van der Waals surface area contributed by atoms with Crippen molar-refractivity contribution in [2.75, 3.05) is 0 Å². The second-order valence-electron chi connectivity index (χ2n) is 9.43. The summed E-state index contributed by atoms with van der Waals surface area (Å²) < 4.78 is 5.83. The highest BCUT2D eigenvalue weighted by molar-refractivity contribution is 7.18. The number of hydrogen-bond donors (Lipinski definition) is 2. The van der Waals surface area contributed by atoms with E-state index < -0.39 is 17.1 Å². The molecule has 3 atom stereocenters. The Labute approximate surface area is 167 Å². The number of aromatic nitrogens is 2. The van der Waals surface area contributed by atoms with E-state index in [0.29, 0.717) is 34.3 Å². The highest BCUT2D eigenvalue weighted by atomic mass is 32.1. The maximum Gasteiger partial charge on any atom is 0.312 e. The fraction of sp³-hybridized carbons (Fsp3) is 0.667. The lowest BCUT2D eigenvalue weighted by Crippen LogP contribution is -2.58. The van der Waals surface area contributed by atoms with Crippen LogP contribution in [-0.4, -0.2) is 26.6 Å². The van der Waals surface area contributed by atoms with E-state index >= 15 is 0 Å². The second-order valence-corrected chi connectivity index (χ2v) is 10.6. The number of rotatable bonds is 3. The molecule has 4 saturated carbocycles. The summed E-state index contributed by atoms with van der Waals surface area (Å²) in [6.07, 6.45) is 4.25. The third-order valence-corrected chi connectivity index (χ3v) is 8.29. The molecule has 7 heteroatoms. The van der Waals surface area contributed by atoms with Gasteiger partial charge in [-0.15, -0.1) is 11.3 Å². The summed E-state index contributed by atoms with van der Waals surface area (Å²) in [7, 11) is 0. The number of aromatic amines is 1. The topological polar surface area (TPSA) is 92.3 Å². The van der Waals surface area contributed by atoms with Gasteiger partial charge < -0.3 is 14.8 Å². The predicted octanol–water partition coefficient (Wildman–Crippen LogP) is 3.54. The number of aliphatic hydroxyl groups is 1. The average Bonchev–Trinajstić information content (AvgIpc) is 2.87. The van der Waals surface area contributed by atoms with Crippen LogP contribution in [0.2, 0.25) is 0 Å². The number of hydrogen-bond acceptors (Lipinski definition) is 6. The monoisotopic (exact) mass is 402 g/mol. The van der Waals surface area contributed by atoms with Gasteiger partial charge in [-0.05, 0) is 76.7 Å². The molecule has 6 rings (SSSR count). The van der Waals surface area contributed by atoms with Crippen molar-refractivity contribution in [1.29, 1.82) is 0 Å². The number of carbonyl (C=O) groups is 1. The van der Waals surface area contributed by atoms with Gasteiger partial charge in [-0.25, -0.2) is 4.98 Å². The standard InChI is InChI=1S/C21H26N2O4S/c1-10-12(3)28-18-15(10)17(24)22-16(23-18)11(2)27-19(25)20-5-13-4-14(6-20)8-21(26,7-13)9-20/h11,13-14,26H,4-9H2,1-3H3,(H,22,23,24)/t11-,13+,14+,20?,21?/m0/s1. The lowest BCUT2D eigenvalue weighted by Gasteiger charge is -2.58. The lowest BCUT2D eigenvalue weighted by molar-refractivity contribution is -0.200. The summed E-state index contributed by atoms with van der Waals surface area (Å²) in [5.74, 6) is 0.977. The molecule has 0 spiro atoms. The fourth-order valence-electron chi connectivity index (χ4n) is 6.26. The quantitative estimate of drug-likeness (QED) is 0.766. The first-order valence-corrected chi connectivity index (χ1v) is 10.9. The van der Waals surface area contributed by atoms with Gasteiger partial charge >= 0.3 is 5.97 Å². The number of ether oxygens (including phenoxy) is 1. The summed E-state index contributed by atoms with van der Waals surface area (Å²) >= 11 is 1.49. The Morgan fingerprint density at radius 3 is 2.61 bits per heavy atom. The zero-order valence-electron chi connectivity index (χ0n) is 16.5. The molecule has 4 aliphatic rings. The number of thiophene rings is 1. The van der Waals surface area contributed by atoms with Crippen molar-refractivity contribution >= 4 is 27.5 Å². The zero-order valence-corrected chi connectivity index (χ0v) is 17.3. The first kappa shape index (κ1) is 18.3. The van der Waals surface area contributed by atoms with E-state index in [1.165, 1.54) is 11.3 Å². The van der Waals surface area contributed by atoms with Gasteiger partial charge in [0.15, 0.2) is 11.9 Å². The number of esters is 1. The Kier molecular flexibility index (Phi) is 3.85. The summed E-state index contributed by atoms with van der Waals surface area (Å²) in [5.41, 5.74) is -0.516. The van der Waals surface area contributed by atoms with Crippen LogP contribution in [0.15, 0.2) is 4.79 Å². The molecule has 0 unspecified atom stereocenters. The maximum atomic E-state index is 13.2. The van der Waals surface area contributed by atoms with Crippen molar-refractivity contribution in [3.63, 3.8) is 0 Å². The molecule has 4 bridgehead atoms. The molecule has 0 amide bonds. The van der Waals surface area contributed by atoms with Crippen molar-refractivity contribution in [1.82, 2.24) is 9.97 Å². The third kappa shape index (κ3) is 2.66. The molecule has 28 heavy (non-hydrogen) atoms. The van der Waals surface area contributed by atoms with Crippen LogP contribution in [0.3, 0.4) is 0 Å². The Morgan fingerprint density at radius 1 is 1.29 bits per heavy atom. The van der Waals surface area contributed by atoms with Crippen molar-refractivity contribution < 1.29 is 14.6 Å². The number of nitrogens with one attached hydrogen (secondary N) is 1. The van der Waals surface area contributed by atoms with Crippen LogP contribution in [-0.2, 0) is 9.53 Å². The number of carbonyl (C=O) groups excluding carboxylic acids is 1. The molecule has 0 radical (unpaired) electrons. The van der Waals surface area contributed by atoms with E-state index in [1.54, 1.807) is 6.92 Å². The van der Waals surface area contributed by atoms with Gasteiger partial charge in [0.05, 0.1) is 16.4 Å². The zero-order chi connectivity index (χ0) is 19.8. The normalized spacial score (nSPS) is 34.7. The Hall–Kier alpha value is -1.73. The molecular formula is C21H26N2O4S. The molecule has 4 fully saturated rings. The van der Waals surface area contributed by atoms with Crippen LogP contribution in [0.25, 0.3) is 10.2 Å². The van der Waals surface area contributed by atoms with Gasteiger partial charge in [-0.3, -0.25) is 9.59 Å². The van der Waals surface area contributed by atoms with Gasteiger partial charge in [0.1, 0.15) is 4.83 Å². The number of nitrogens with zero attached hydrogens (tertiary/aromatic N) is 1. The predicted molar refractivity (Wildman–Crippen MR) is 106 cm³/mol. The summed E-state index contributed by atoms with van der Waals surface area (Å²) in [6, 6.07) is 0. The van der Waals surface area contributed by atoms with E-state index in [4.69, 9.17) is 4.74 Å². The highest BCUT2D eigenvalue weighted by Gasteiger charge is 2.61. The van der Waals surface area contributed by atoms with Crippen molar-refractivity contribution in [3.05, 3.63) is 26.6 Å². The average molecular weight is 403 g/mol. The fourth-order valence-corrected chi connectivity index (χ4v) is 7.30. The van der Waals surface area contributed by atoms with Gasteiger partial charge in [0, 0.05) is 4.88 Å². The summed E-state index contributed by atoms with van der Waals surface area (Å²) in [4.78, 5) is 34.8. The molecule has 150 valence electrons. The number of H-pyrrole nitrogens is 1. The Morgan fingerprint density at radius 2 is 1.96 bits per heavy atom.